The Morgan fingerprint density at radius 2 is 2.45 bits per heavy atom. The highest BCUT2D eigenvalue weighted by Gasteiger charge is 2.15. The summed E-state index contributed by atoms with van der Waals surface area (Å²) in [4.78, 5) is 0. The van der Waals surface area contributed by atoms with Crippen molar-refractivity contribution in [3.63, 3.8) is 0 Å². The second-order valence-corrected chi connectivity index (χ2v) is 3.24. The molecule has 1 unspecified atom stereocenters. The van der Waals surface area contributed by atoms with E-state index < -0.39 is 0 Å². The van der Waals surface area contributed by atoms with E-state index >= 15 is 0 Å². The van der Waals surface area contributed by atoms with Gasteiger partial charge in [-0.2, -0.15) is 0 Å². The van der Waals surface area contributed by atoms with Crippen LogP contribution in [-0.2, 0) is 4.74 Å². The molecule has 1 aliphatic heterocycles. The minimum atomic E-state index is 0.446. The molecule has 1 heterocycles. The lowest BCUT2D eigenvalue weighted by molar-refractivity contribution is 0.137. The predicted octanol–water partition coefficient (Wildman–Crippen LogP) is 2.91. The van der Waals surface area contributed by atoms with Crippen molar-refractivity contribution in [1.82, 2.24) is 0 Å². The molecule has 0 aromatic rings. The van der Waals surface area contributed by atoms with E-state index in [0.29, 0.717) is 6.10 Å². The predicted molar refractivity (Wildman–Crippen MR) is 47.6 cm³/mol. The molecule has 1 nitrogen and oxygen atoms in total. The number of unbranched alkanes of at least 4 members (excludes halogenated alkanes) is 1. The topological polar surface area (TPSA) is 9.23 Å². The molecule has 64 valence electrons. The summed E-state index contributed by atoms with van der Waals surface area (Å²) in [6.07, 6.45) is 7.67. The zero-order valence-corrected chi connectivity index (χ0v) is 7.60. The fraction of sp³-hybridized carbons (Fsp3) is 0.800. The van der Waals surface area contributed by atoms with Crippen LogP contribution >= 0.6 is 0 Å². The van der Waals surface area contributed by atoms with Crippen molar-refractivity contribution < 1.29 is 4.74 Å². The Hall–Kier alpha value is -0.300. The highest BCUT2D eigenvalue weighted by atomic mass is 16.5. The summed E-state index contributed by atoms with van der Waals surface area (Å²) in [5.74, 6) is 0. The van der Waals surface area contributed by atoms with Crippen molar-refractivity contribution in [2.24, 2.45) is 0 Å². The third kappa shape index (κ3) is 2.66. The molecule has 0 aromatic heterocycles. The third-order valence-corrected chi connectivity index (χ3v) is 2.19. The van der Waals surface area contributed by atoms with Crippen LogP contribution in [0.15, 0.2) is 11.6 Å². The Kier molecular flexibility index (Phi) is 3.64. The van der Waals surface area contributed by atoms with E-state index in [1.165, 1.54) is 31.3 Å². The van der Waals surface area contributed by atoms with Crippen molar-refractivity contribution in [2.75, 3.05) is 6.61 Å². The SMILES string of the molecule is CCC/C=C(\C)C1CCCO1. The quantitative estimate of drug-likeness (QED) is 0.568. The van der Waals surface area contributed by atoms with E-state index in [1.54, 1.807) is 0 Å². The maximum absolute atomic E-state index is 5.54. The van der Waals surface area contributed by atoms with Crippen molar-refractivity contribution in [1.29, 1.82) is 0 Å². The first-order valence-corrected chi connectivity index (χ1v) is 4.63. The summed E-state index contributed by atoms with van der Waals surface area (Å²) in [6, 6.07) is 0. The van der Waals surface area contributed by atoms with Crippen LogP contribution in [-0.4, -0.2) is 12.7 Å². The lowest BCUT2D eigenvalue weighted by Gasteiger charge is -2.08. The fourth-order valence-corrected chi connectivity index (χ4v) is 1.44. The molecular weight excluding hydrogens is 136 g/mol. The zero-order valence-electron chi connectivity index (χ0n) is 7.60. The third-order valence-electron chi connectivity index (χ3n) is 2.19. The van der Waals surface area contributed by atoms with Gasteiger partial charge < -0.3 is 4.74 Å². The lowest BCUT2D eigenvalue weighted by atomic mass is 10.1. The minimum Gasteiger partial charge on any atom is -0.374 e. The number of rotatable bonds is 3. The lowest BCUT2D eigenvalue weighted by Crippen LogP contribution is -2.05. The molecule has 1 atom stereocenters. The average molecular weight is 154 g/mol. The van der Waals surface area contributed by atoms with E-state index in [0.717, 1.165) is 6.61 Å². The highest BCUT2D eigenvalue weighted by Crippen LogP contribution is 2.19. The molecule has 0 radical (unpaired) electrons. The molecular formula is C10H18O. The first-order valence-electron chi connectivity index (χ1n) is 4.63. The van der Waals surface area contributed by atoms with E-state index in [1.807, 2.05) is 0 Å². The van der Waals surface area contributed by atoms with Gasteiger partial charge in [-0.1, -0.05) is 19.4 Å². The van der Waals surface area contributed by atoms with Crippen molar-refractivity contribution in [2.45, 2.75) is 45.6 Å². The van der Waals surface area contributed by atoms with Gasteiger partial charge in [0.05, 0.1) is 6.10 Å². The number of hydrogen-bond acceptors (Lipinski definition) is 1. The van der Waals surface area contributed by atoms with Crippen LogP contribution in [0.3, 0.4) is 0 Å². The number of hydrogen-bond donors (Lipinski definition) is 0. The Morgan fingerprint density at radius 1 is 1.64 bits per heavy atom. The molecule has 0 spiro atoms. The summed E-state index contributed by atoms with van der Waals surface area (Å²) in [7, 11) is 0. The normalized spacial score (nSPS) is 26.0. The average Bonchev–Trinajstić information content (AvgIpc) is 2.52. The van der Waals surface area contributed by atoms with Crippen LogP contribution < -0.4 is 0 Å². The van der Waals surface area contributed by atoms with E-state index in [9.17, 15) is 0 Å². The van der Waals surface area contributed by atoms with Gasteiger partial charge in [-0.15, -0.1) is 0 Å². The molecule has 1 saturated heterocycles. The van der Waals surface area contributed by atoms with E-state index in [4.69, 9.17) is 4.74 Å². The molecule has 0 N–H and O–H groups in total. The second-order valence-electron chi connectivity index (χ2n) is 3.24. The van der Waals surface area contributed by atoms with Crippen LogP contribution in [0.2, 0.25) is 0 Å². The molecule has 0 aliphatic carbocycles. The van der Waals surface area contributed by atoms with Crippen molar-refractivity contribution in [3.05, 3.63) is 11.6 Å². The first-order chi connectivity index (χ1) is 5.34. The zero-order chi connectivity index (χ0) is 8.10. The maximum atomic E-state index is 5.54. The molecule has 0 aromatic carbocycles. The van der Waals surface area contributed by atoms with Gasteiger partial charge >= 0.3 is 0 Å². The van der Waals surface area contributed by atoms with Gasteiger partial charge in [0, 0.05) is 6.61 Å². The Balaban J connectivity index is 2.32. The second kappa shape index (κ2) is 4.55. The Morgan fingerprint density at radius 3 is 3.00 bits per heavy atom. The van der Waals surface area contributed by atoms with E-state index in [-0.39, 0.29) is 0 Å². The van der Waals surface area contributed by atoms with Gasteiger partial charge in [-0.3, -0.25) is 0 Å². The maximum Gasteiger partial charge on any atom is 0.0783 e. The summed E-state index contributed by atoms with van der Waals surface area (Å²) in [5, 5.41) is 0. The van der Waals surface area contributed by atoms with Crippen molar-refractivity contribution >= 4 is 0 Å². The van der Waals surface area contributed by atoms with Gasteiger partial charge in [-0.05, 0) is 31.8 Å². The van der Waals surface area contributed by atoms with Gasteiger partial charge in [-0.25, -0.2) is 0 Å². The Labute approximate surface area is 69.4 Å². The van der Waals surface area contributed by atoms with Crippen LogP contribution in [0.5, 0.6) is 0 Å². The van der Waals surface area contributed by atoms with Crippen LogP contribution in [0.4, 0.5) is 0 Å². The summed E-state index contributed by atoms with van der Waals surface area (Å²) < 4.78 is 5.54. The van der Waals surface area contributed by atoms with Crippen LogP contribution in [0, 0.1) is 0 Å². The molecule has 1 rings (SSSR count). The summed E-state index contributed by atoms with van der Waals surface area (Å²) >= 11 is 0. The van der Waals surface area contributed by atoms with E-state index in [2.05, 4.69) is 19.9 Å². The molecule has 11 heavy (non-hydrogen) atoms. The molecule has 0 amide bonds. The summed E-state index contributed by atoms with van der Waals surface area (Å²) in [5.41, 5.74) is 1.43. The summed E-state index contributed by atoms with van der Waals surface area (Å²) in [6.45, 7) is 5.35. The minimum absolute atomic E-state index is 0.446. The first kappa shape index (κ1) is 8.79. The van der Waals surface area contributed by atoms with Crippen molar-refractivity contribution in [3.8, 4) is 0 Å². The number of ether oxygens (including phenoxy) is 1. The monoisotopic (exact) mass is 154 g/mol. The van der Waals surface area contributed by atoms with Gasteiger partial charge in [0.1, 0.15) is 0 Å². The van der Waals surface area contributed by atoms with Gasteiger partial charge in [0.2, 0.25) is 0 Å². The van der Waals surface area contributed by atoms with Crippen LogP contribution in [0.25, 0.3) is 0 Å². The van der Waals surface area contributed by atoms with Crippen LogP contribution in [0.1, 0.15) is 39.5 Å². The molecule has 0 bridgehead atoms. The van der Waals surface area contributed by atoms with Gasteiger partial charge in [0.25, 0.3) is 0 Å². The van der Waals surface area contributed by atoms with Gasteiger partial charge in [0.15, 0.2) is 0 Å². The molecule has 1 heteroatoms. The Bertz CT molecular complexity index is 132. The molecule has 1 fully saturated rings. The fourth-order valence-electron chi connectivity index (χ4n) is 1.44. The molecule has 0 saturated carbocycles. The highest BCUT2D eigenvalue weighted by molar-refractivity contribution is 5.06. The largest absolute Gasteiger partial charge is 0.374 e. The number of allylic oxidation sites excluding steroid dienone is 1. The smallest absolute Gasteiger partial charge is 0.0783 e. The molecule has 1 aliphatic rings. The standard InChI is InChI=1S/C10H18O/c1-3-4-6-9(2)10-7-5-8-11-10/h6,10H,3-5,7-8H2,1-2H3/b9-6+.